The number of hydrogen-bond acceptors (Lipinski definition) is 5. The predicted molar refractivity (Wildman–Crippen MR) is 104 cm³/mol. The third-order valence-corrected chi connectivity index (χ3v) is 4.62. The molecule has 0 spiro atoms. The highest BCUT2D eigenvalue weighted by atomic mass is 16.6. The zero-order chi connectivity index (χ0) is 19.3. The molecule has 2 aromatic heterocycles. The molecule has 0 bridgehead atoms. The monoisotopic (exact) mass is 366 g/mol. The predicted octanol–water partition coefficient (Wildman–Crippen LogP) is 2.87. The number of fused-ring (bicyclic) bond motifs is 2. The first-order chi connectivity index (χ1) is 12.9. The lowest BCUT2D eigenvalue weighted by Crippen LogP contribution is -2.14. The average Bonchev–Trinajstić information content (AvgIpc) is 3.17. The number of nitro benzene ring substituents is 1. The van der Waals surface area contributed by atoms with Gasteiger partial charge in [-0.2, -0.15) is 0 Å². The number of nitro groups is 1. The van der Waals surface area contributed by atoms with Gasteiger partial charge in [-0.25, -0.2) is 9.78 Å². The summed E-state index contributed by atoms with van der Waals surface area (Å²) in [5, 5.41) is 11.1. The average molecular weight is 366 g/mol. The second-order valence-corrected chi connectivity index (χ2v) is 6.50. The van der Waals surface area contributed by atoms with Crippen molar-refractivity contribution in [2.24, 2.45) is 0 Å². The smallest absolute Gasteiger partial charge is 0.326 e. The molecule has 0 fully saturated rings. The number of anilines is 1. The molecule has 0 aliphatic carbocycles. The number of aryl methyl sites for hydroxylation is 1. The van der Waals surface area contributed by atoms with Crippen LogP contribution < -0.4 is 10.6 Å². The zero-order valence-electron chi connectivity index (χ0n) is 15.1. The van der Waals surface area contributed by atoms with Gasteiger partial charge in [0.25, 0.3) is 5.69 Å². The number of hydrogen-bond donors (Lipinski definition) is 2. The second-order valence-electron chi connectivity index (χ2n) is 6.50. The van der Waals surface area contributed by atoms with Gasteiger partial charge < -0.3 is 14.9 Å². The third-order valence-electron chi connectivity index (χ3n) is 4.62. The van der Waals surface area contributed by atoms with E-state index in [-0.39, 0.29) is 11.4 Å². The van der Waals surface area contributed by atoms with Gasteiger partial charge in [0.05, 0.1) is 32.7 Å². The lowest BCUT2D eigenvalue weighted by molar-refractivity contribution is -0.384. The summed E-state index contributed by atoms with van der Waals surface area (Å²) in [5.74, 6) is 0.613. The molecule has 9 nitrogen and oxygen atoms in total. The molecule has 2 N–H and O–H groups in total. The Balaban J connectivity index is 1.92. The van der Waals surface area contributed by atoms with Gasteiger partial charge in [0.15, 0.2) is 0 Å². The summed E-state index contributed by atoms with van der Waals surface area (Å²) in [4.78, 5) is 35.2. The van der Waals surface area contributed by atoms with Gasteiger partial charge in [0.2, 0.25) is 0 Å². The summed E-state index contributed by atoms with van der Waals surface area (Å²) >= 11 is 0. The maximum atomic E-state index is 12.0. The fourth-order valence-corrected chi connectivity index (χ4v) is 3.31. The van der Waals surface area contributed by atoms with E-state index < -0.39 is 4.92 Å². The molecule has 0 saturated heterocycles. The standard InChI is InChI=1S/C18H18N6O3/c1-4-23-16-9-13-12(8-14(16)21-18(23)25)19-17(20-13)11-6-5-10(24(26)27)7-15(11)22(2)3/h5-9H,4H2,1-3H3,(H,19,20)(H,21,25). The summed E-state index contributed by atoms with van der Waals surface area (Å²) in [5.41, 5.74) is 4.37. The molecule has 0 atom stereocenters. The molecule has 138 valence electrons. The highest BCUT2D eigenvalue weighted by Gasteiger charge is 2.17. The minimum atomic E-state index is -0.415. The van der Waals surface area contributed by atoms with E-state index in [0.29, 0.717) is 18.1 Å². The Kier molecular flexibility index (Phi) is 3.72. The number of H-pyrrole nitrogens is 2. The Bertz CT molecular complexity index is 1250. The highest BCUT2D eigenvalue weighted by Crippen LogP contribution is 2.33. The number of aromatic amines is 2. The van der Waals surface area contributed by atoms with Crippen LogP contribution in [0.15, 0.2) is 35.1 Å². The first-order valence-electron chi connectivity index (χ1n) is 8.47. The fourth-order valence-electron chi connectivity index (χ4n) is 3.31. The van der Waals surface area contributed by atoms with Crippen LogP contribution in [0.1, 0.15) is 6.92 Å². The first kappa shape index (κ1) is 16.8. The van der Waals surface area contributed by atoms with Gasteiger partial charge in [-0.1, -0.05) is 0 Å². The molecule has 0 aliphatic heterocycles. The summed E-state index contributed by atoms with van der Waals surface area (Å²) < 4.78 is 1.65. The number of nitrogens with one attached hydrogen (secondary N) is 2. The van der Waals surface area contributed by atoms with Gasteiger partial charge in [-0.05, 0) is 25.1 Å². The molecule has 27 heavy (non-hydrogen) atoms. The van der Waals surface area contributed by atoms with Crippen molar-refractivity contribution in [2.45, 2.75) is 13.5 Å². The van der Waals surface area contributed by atoms with Crippen molar-refractivity contribution >= 4 is 33.4 Å². The molecular weight excluding hydrogens is 348 g/mol. The van der Waals surface area contributed by atoms with Crippen molar-refractivity contribution in [3.8, 4) is 11.4 Å². The van der Waals surface area contributed by atoms with Gasteiger partial charge in [-0.15, -0.1) is 0 Å². The Hall–Kier alpha value is -3.62. The topological polar surface area (TPSA) is 113 Å². The van der Waals surface area contributed by atoms with E-state index in [1.165, 1.54) is 12.1 Å². The Morgan fingerprint density at radius 1 is 1.19 bits per heavy atom. The van der Waals surface area contributed by atoms with Crippen LogP contribution in [0.3, 0.4) is 0 Å². The number of aromatic nitrogens is 4. The first-order valence-corrected chi connectivity index (χ1v) is 8.47. The Morgan fingerprint density at radius 3 is 2.63 bits per heavy atom. The van der Waals surface area contributed by atoms with Crippen molar-refractivity contribution in [3.05, 3.63) is 50.9 Å². The zero-order valence-corrected chi connectivity index (χ0v) is 15.1. The summed E-state index contributed by atoms with van der Waals surface area (Å²) in [6.07, 6.45) is 0. The minimum Gasteiger partial charge on any atom is -0.377 e. The molecule has 9 heteroatoms. The quantitative estimate of drug-likeness (QED) is 0.426. The largest absolute Gasteiger partial charge is 0.377 e. The lowest BCUT2D eigenvalue weighted by atomic mass is 10.1. The molecule has 0 aliphatic rings. The van der Waals surface area contributed by atoms with Crippen LogP contribution in [0.2, 0.25) is 0 Å². The number of rotatable bonds is 4. The van der Waals surface area contributed by atoms with Crippen LogP contribution in [0.5, 0.6) is 0 Å². The van der Waals surface area contributed by atoms with Crippen LogP contribution >= 0.6 is 0 Å². The Labute approximate surface area is 153 Å². The maximum Gasteiger partial charge on any atom is 0.326 e. The molecule has 0 saturated carbocycles. The lowest BCUT2D eigenvalue weighted by Gasteiger charge is -2.15. The highest BCUT2D eigenvalue weighted by molar-refractivity contribution is 5.93. The number of benzene rings is 2. The van der Waals surface area contributed by atoms with Crippen molar-refractivity contribution in [1.82, 2.24) is 19.5 Å². The summed E-state index contributed by atoms with van der Waals surface area (Å²) in [6.45, 7) is 2.48. The van der Waals surface area contributed by atoms with E-state index in [9.17, 15) is 14.9 Å². The van der Waals surface area contributed by atoms with Crippen LogP contribution in [0.25, 0.3) is 33.5 Å². The molecule has 0 amide bonds. The van der Waals surface area contributed by atoms with Gasteiger partial charge >= 0.3 is 5.69 Å². The van der Waals surface area contributed by atoms with Crippen LogP contribution in [-0.4, -0.2) is 38.5 Å². The van der Waals surface area contributed by atoms with E-state index in [0.717, 1.165) is 27.6 Å². The molecule has 2 heterocycles. The molecule has 2 aromatic carbocycles. The maximum absolute atomic E-state index is 12.0. The minimum absolute atomic E-state index is 0.0267. The van der Waals surface area contributed by atoms with Gasteiger partial charge in [0.1, 0.15) is 5.82 Å². The number of non-ortho nitro benzene ring substituents is 1. The molecule has 0 radical (unpaired) electrons. The number of imidazole rings is 2. The van der Waals surface area contributed by atoms with E-state index in [4.69, 9.17) is 0 Å². The van der Waals surface area contributed by atoms with Gasteiger partial charge in [0, 0.05) is 38.3 Å². The van der Waals surface area contributed by atoms with Crippen LogP contribution in [-0.2, 0) is 6.54 Å². The van der Waals surface area contributed by atoms with Crippen LogP contribution in [0.4, 0.5) is 11.4 Å². The van der Waals surface area contributed by atoms with Crippen molar-refractivity contribution < 1.29 is 4.92 Å². The fraction of sp³-hybridized carbons (Fsp3) is 0.222. The van der Waals surface area contributed by atoms with Crippen molar-refractivity contribution in [3.63, 3.8) is 0 Å². The normalized spacial score (nSPS) is 11.4. The van der Waals surface area contributed by atoms with Gasteiger partial charge in [-0.3, -0.25) is 14.7 Å². The molecular formula is C18H18N6O3. The number of nitrogens with zero attached hydrogens (tertiary/aromatic N) is 4. The van der Waals surface area contributed by atoms with Crippen LogP contribution in [0, 0.1) is 10.1 Å². The third kappa shape index (κ3) is 2.64. The SMILES string of the molecule is CCn1c(=O)[nH]c2cc3[nH]c(-c4ccc([N+](=O)[O-])cc4N(C)C)nc3cc21. The molecule has 0 unspecified atom stereocenters. The summed E-state index contributed by atoms with van der Waals surface area (Å²) in [6, 6.07) is 8.41. The van der Waals surface area contributed by atoms with Crippen molar-refractivity contribution in [2.75, 3.05) is 19.0 Å². The summed E-state index contributed by atoms with van der Waals surface area (Å²) in [7, 11) is 3.66. The Morgan fingerprint density at radius 2 is 1.96 bits per heavy atom. The molecule has 4 rings (SSSR count). The second kappa shape index (κ2) is 5.97. The van der Waals surface area contributed by atoms with E-state index >= 15 is 0 Å². The van der Waals surface area contributed by atoms with E-state index in [2.05, 4.69) is 15.0 Å². The molecule has 4 aromatic rings. The van der Waals surface area contributed by atoms with E-state index in [1.54, 1.807) is 10.6 Å². The van der Waals surface area contributed by atoms with Crippen molar-refractivity contribution in [1.29, 1.82) is 0 Å². The van der Waals surface area contributed by atoms with E-state index in [1.807, 2.05) is 38.1 Å².